The molecule has 3 aliphatic heterocycles. The van der Waals surface area contributed by atoms with Gasteiger partial charge in [-0.2, -0.15) is 0 Å². The van der Waals surface area contributed by atoms with Gasteiger partial charge in [0.15, 0.2) is 23.0 Å². The van der Waals surface area contributed by atoms with Crippen molar-refractivity contribution >= 4 is 55.8 Å². The van der Waals surface area contributed by atoms with Gasteiger partial charge in [-0.05, 0) is 130 Å². The molecule has 10 rings (SSSR count). The fourth-order valence-electron chi connectivity index (χ4n) is 11.9. The van der Waals surface area contributed by atoms with Crippen LogP contribution in [0.3, 0.4) is 0 Å². The lowest BCUT2D eigenvalue weighted by Gasteiger charge is -2.56. The molecule has 5 aromatic rings. The summed E-state index contributed by atoms with van der Waals surface area (Å²) in [6, 6.07) is 20.2. The molecule has 3 aromatic carbocycles. The number of aromatic nitrogens is 2. The molecule has 1 spiro atoms. The van der Waals surface area contributed by atoms with Crippen LogP contribution in [0.2, 0.25) is 0 Å². The number of sulfonamides is 1. The Morgan fingerprint density at radius 2 is 1.76 bits per heavy atom. The predicted molar refractivity (Wildman–Crippen MR) is 271 cm³/mol. The molecular weight excluding hydrogens is 925 g/mol. The lowest BCUT2D eigenvalue weighted by molar-refractivity contribution is -0.384. The Kier molecular flexibility index (Phi) is 13.0. The van der Waals surface area contributed by atoms with E-state index in [1.54, 1.807) is 44.3 Å². The van der Waals surface area contributed by atoms with E-state index in [-0.39, 0.29) is 70.6 Å². The van der Waals surface area contributed by atoms with E-state index in [9.17, 15) is 33.2 Å². The normalized spacial score (nSPS) is 23.4. The van der Waals surface area contributed by atoms with E-state index < -0.39 is 37.0 Å². The first-order chi connectivity index (χ1) is 34.0. The zero-order valence-corrected chi connectivity index (χ0v) is 41.6. The van der Waals surface area contributed by atoms with Crippen molar-refractivity contribution in [2.24, 2.45) is 11.3 Å². The van der Waals surface area contributed by atoms with Crippen molar-refractivity contribution in [2.45, 2.75) is 133 Å². The number of aromatic amines is 1. The summed E-state index contributed by atoms with van der Waals surface area (Å²) in [6.07, 6.45) is 11.1. The second-order valence-electron chi connectivity index (χ2n) is 21.1. The molecule has 2 saturated heterocycles. The highest BCUT2D eigenvalue weighted by molar-refractivity contribution is 7.90. The second-order valence-corrected chi connectivity index (χ2v) is 22.7. The number of H-pyrrole nitrogens is 1. The molecule has 5 N–H and O–H groups in total. The van der Waals surface area contributed by atoms with Crippen molar-refractivity contribution in [2.75, 3.05) is 41.8 Å². The third-order valence-corrected chi connectivity index (χ3v) is 17.3. The molecule has 2 saturated carbocycles. The van der Waals surface area contributed by atoms with Crippen molar-refractivity contribution in [1.29, 1.82) is 0 Å². The number of pyridine rings is 1. The van der Waals surface area contributed by atoms with Gasteiger partial charge in [0.05, 0.1) is 27.0 Å². The summed E-state index contributed by atoms with van der Waals surface area (Å²) in [5.41, 5.74) is 3.09. The number of nitro benzene ring substituents is 1. The van der Waals surface area contributed by atoms with Crippen molar-refractivity contribution in [3.8, 4) is 17.2 Å². The number of nitrogens with one attached hydrogen (secondary N) is 4. The van der Waals surface area contributed by atoms with Crippen LogP contribution in [-0.2, 0) is 14.8 Å². The SMILES string of the molecule is CCC(=O)Nc1nc2[nH]ccc2cc1Oc1cc(N2CCC3(CC2)CC(N2CCC[C@H]2c2ccccc2C(C)C)C3)ccc1C(=O)NS(=O)(=O)c1cc2c(c([N+](=O)[O-])c1)N[C@@H]([C@H]1CC[C@](C)(O)CC1)CO2. The number of piperidine rings is 1. The number of likely N-dealkylation sites (tertiary alicyclic amines) is 1. The van der Waals surface area contributed by atoms with Crippen LogP contribution >= 0.6 is 0 Å². The molecule has 5 aliphatic rings. The van der Waals surface area contributed by atoms with Crippen molar-refractivity contribution in [3.05, 3.63) is 99.7 Å². The van der Waals surface area contributed by atoms with Crippen LogP contribution in [0.1, 0.15) is 132 Å². The molecule has 18 heteroatoms. The van der Waals surface area contributed by atoms with Crippen LogP contribution < -0.4 is 29.7 Å². The predicted octanol–water partition coefficient (Wildman–Crippen LogP) is 9.55. The number of rotatable bonds is 13. The van der Waals surface area contributed by atoms with E-state index in [4.69, 9.17) is 9.47 Å². The first kappa shape index (κ1) is 48.4. The van der Waals surface area contributed by atoms with Gasteiger partial charge in [0.2, 0.25) is 5.91 Å². The number of ether oxygens (including phenoxy) is 2. The first-order valence-electron chi connectivity index (χ1n) is 25.2. The van der Waals surface area contributed by atoms with Crippen LogP contribution in [0, 0.1) is 21.4 Å². The van der Waals surface area contributed by atoms with Crippen LogP contribution in [0.25, 0.3) is 11.0 Å². The molecule has 0 bridgehead atoms. The minimum absolute atomic E-state index is 0.0175. The molecule has 71 heavy (non-hydrogen) atoms. The van der Waals surface area contributed by atoms with E-state index in [1.165, 1.54) is 36.1 Å². The Hall–Kier alpha value is -6.24. The Morgan fingerprint density at radius 1 is 1.00 bits per heavy atom. The molecule has 2 amide bonds. The highest BCUT2D eigenvalue weighted by Gasteiger charge is 2.50. The lowest BCUT2D eigenvalue weighted by atomic mass is 9.59. The number of aliphatic hydroxyl groups is 1. The smallest absolute Gasteiger partial charge is 0.297 e. The molecule has 17 nitrogen and oxygen atoms in total. The summed E-state index contributed by atoms with van der Waals surface area (Å²) in [6.45, 7) is 10.9. The molecule has 2 aromatic heterocycles. The van der Waals surface area contributed by atoms with Crippen molar-refractivity contribution in [1.82, 2.24) is 19.6 Å². The number of benzene rings is 3. The van der Waals surface area contributed by atoms with Gasteiger partial charge >= 0.3 is 0 Å². The number of fused-ring (bicyclic) bond motifs is 2. The topological polar surface area (TPSA) is 221 Å². The Bertz CT molecular complexity index is 2970. The zero-order chi connectivity index (χ0) is 49.8. The first-order valence-corrected chi connectivity index (χ1v) is 26.7. The van der Waals surface area contributed by atoms with Gasteiger partial charge in [0.25, 0.3) is 21.6 Å². The van der Waals surface area contributed by atoms with Gasteiger partial charge in [-0.25, -0.2) is 18.1 Å². The van der Waals surface area contributed by atoms with Crippen LogP contribution in [0.5, 0.6) is 17.2 Å². The molecule has 2 atom stereocenters. The number of carbonyl (C=O) groups excluding carboxylic acids is 2. The van der Waals surface area contributed by atoms with E-state index >= 15 is 0 Å². The standard InChI is InChI=1S/C53H64N8O9S/c1-5-47(62)56-50-46(25-34-16-21-54-49(34)57-50)70-44-26-35(59-23-19-53(20-24-59)29-36(30-53)60-22-8-11-42(60)39-10-7-6-9-38(39)32(2)3)12-13-40(44)51(63)58-71(67,68)37-27-43(61(65)66)48-45(28-37)69-31-41(55-48)33-14-17-52(4,64)18-15-33/h6-7,9-10,12-13,16,21,25-28,32-33,36,41-42,55,64H,5,8,11,14-15,17-20,22-24,29-31H2,1-4H3,(H,58,63)(H2,54,56,57,62)/t33-,41-,42+,52-/m1/s1. The van der Waals surface area contributed by atoms with Crippen molar-refractivity contribution < 1.29 is 37.5 Å². The Balaban J connectivity index is 0.894. The van der Waals surface area contributed by atoms with Gasteiger partial charge in [-0.15, -0.1) is 0 Å². The van der Waals surface area contributed by atoms with Gasteiger partial charge < -0.3 is 35.1 Å². The molecular formula is C53H64N8O9S. The molecule has 0 radical (unpaired) electrons. The van der Waals surface area contributed by atoms with E-state index in [2.05, 4.69) is 73.2 Å². The number of carbonyl (C=O) groups is 2. The van der Waals surface area contributed by atoms with Gasteiger partial charge in [0, 0.05) is 67.1 Å². The Labute approximate surface area is 414 Å². The summed E-state index contributed by atoms with van der Waals surface area (Å²) >= 11 is 0. The average molecular weight is 989 g/mol. The summed E-state index contributed by atoms with van der Waals surface area (Å²) in [5.74, 6) is -0.565. The van der Waals surface area contributed by atoms with Gasteiger partial charge in [-0.1, -0.05) is 45.0 Å². The molecule has 4 fully saturated rings. The highest BCUT2D eigenvalue weighted by atomic mass is 32.2. The molecule has 2 aliphatic carbocycles. The van der Waals surface area contributed by atoms with E-state index in [0.717, 1.165) is 57.1 Å². The maximum absolute atomic E-state index is 14.3. The number of hydrogen-bond acceptors (Lipinski definition) is 13. The highest BCUT2D eigenvalue weighted by Crippen LogP contribution is 2.54. The quantitative estimate of drug-likeness (QED) is 0.0549. The summed E-state index contributed by atoms with van der Waals surface area (Å²) < 4.78 is 42.9. The second kappa shape index (κ2) is 19.1. The fourth-order valence-corrected chi connectivity index (χ4v) is 12.9. The number of amides is 2. The van der Waals surface area contributed by atoms with E-state index in [1.807, 2.05) is 0 Å². The minimum Gasteiger partial charge on any atom is -0.489 e. The van der Waals surface area contributed by atoms with Crippen LogP contribution in [0.15, 0.2) is 77.8 Å². The number of nitrogens with zero attached hydrogens (tertiary/aromatic N) is 4. The molecule has 0 unspecified atom stereocenters. The monoisotopic (exact) mass is 988 g/mol. The summed E-state index contributed by atoms with van der Waals surface area (Å²) in [7, 11) is -4.74. The van der Waals surface area contributed by atoms with Gasteiger partial charge in [0.1, 0.15) is 18.0 Å². The fraction of sp³-hybridized carbons (Fsp3) is 0.491. The molecule has 5 heterocycles. The maximum atomic E-state index is 14.3. The maximum Gasteiger partial charge on any atom is 0.297 e. The average Bonchev–Trinajstić information content (AvgIpc) is 4.02. The summed E-state index contributed by atoms with van der Waals surface area (Å²) in [5, 5.41) is 29.7. The third kappa shape index (κ3) is 9.77. The number of anilines is 3. The lowest BCUT2D eigenvalue weighted by Crippen LogP contribution is -2.54. The Morgan fingerprint density at radius 3 is 2.49 bits per heavy atom. The largest absolute Gasteiger partial charge is 0.489 e. The van der Waals surface area contributed by atoms with Crippen LogP contribution in [0.4, 0.5) is 22.9 Å². The molecule has 376 valence electrons. The number of hydrogen-bond donors (Lipinski definition) is 5. The summed E-state index contributed by atoms with van der Waals surface area (Å²) in [4.78, 5) is 51.0. The van der Waals surface area contributed by atoms with Gasteiger partial charge in [-0.3, -0.25) is 24.6 Å². The third-order valence-electron chi connectivity index (χ3n) is 16.0. The van der Waals surface area contributed by atoms with Crippen LogP contribution in [-0.4, -0.2) is 89.1 Å². The zero-order valence-electron chi connectivity index (χ0n) is 40.8. The number of nitro groups is 1. The van der Waals surface area contributed by atoms with E-state index in [0.29, 0.717) is 54.7 Å². The van der Waals surface area contributed by atoms with Crippen molar-refractivity contribution in [3.63, 3.8) is 0 Å². The minimum atomic E-state index is -4.74.